The Balaban J connectivity index is 1.91. The van der Waals surface area contributed by atoms with Crippen molar-refractivity contribution in [2.24, 2.45) is 0 Å². The highest BCUT2D eigenvalue weighted by Crippen LogP contribution is 2.19. The van der Waals surface area contributed by atoms with Crippen LogP contribution in [0.2, 0.25) is 5.15 Å². The Labute approximate surface area is 125 Å². The minimum Gasteiger partial charge on any atom is -0.341 e. The van der Waals surface area contributed by atoms with Crippen molar-refractivity contribution in [2.45, 2.75) is 19.9 Å². The van der Waals surface area contributed by atoms with Gasteiger partial charge in [0.1, 0.15) is 11.2 Å². The van der Waals surface area contributed by atoms with Crippen LogP contribution in [0, 0.1) is 0 Å². The second kappa shape index (κ2) is 5.17. The van der Waals surface area contributed by atoms with Crippen LogP contribution in [-0.2, 0) is 0 Å². The number of nitrogens with zero attached hydrogens (tertiary/aromatic N) is 4. The van der Waals surface area contributed by atoms with Gasteiger partial charge < -0.3 is 9.55 Å². The van der Waals surface area contributed by atoms with E-state index in [0.717, 1.165) is 0 Å². The number of carbonyl (C=O) groups is 1. The number of rotatable bonds is 3. The first kappa shape index (κ1) is 13.6. The summed E-state index contributed by atoms with van der Waals surface area (Å²) in [6.07, 6.45) is 3.32. The number of anilines is 1. The molecule has 0 bridgehead atoms. The molecule has 1 amide bonds. The molecule has 3 rings (SSSR count). The number of fused-ring (bicyclic) bond motifs is 1. The van der Waals surface area contributed by atoms with E-state index in [-0.39, 0.29) is 23.1 Å². The maximum Gasteiger partial charge on any atom is 0.274 e. The van der Waals surface area contributed by atoms with Crippen LogP contribution in [0.4, 0.5) is 5.95 Å². The normalized spacial score (nSPS) is 11.2. The molecule has 0 spiro atoms. The zero-order valence-corrected chi connectivity index (χ0v) is 12.2. The van der Waals surface area contributed by atoms with E-state index >= 15 is 0 Å². The van der Waals surface area contributed by atoms with E-state index in [4.69, 9.17) is 11.6 Å². The number of nitrogens with one attached hydrogen (secondary N) is 2. The summed E-state index contributed by atoms with van der Waals surface area (Å²) in [6.45, 7) is 4.00. The van der Waals surface area contributed by atoms with E-state index in [0.29, 0.717) is 16.9 Å². The first-order valence-electron chi connectivity index (χ1n) is 6.41. The number of amides is 1. The van der Waals surface area contributed by atoms with Crippen molar-refractivity contribution < 1.29 is 4.79 Å². The molecule has 2 N–H and O–H groups in total. The Morgan fingerprint density at radius 3 is 3.00 bits per heavy atom. The highest BCUT2D eigenvalue weighted by atomic mass is 35.5. The molecule has 0 unspecified atom stereocenters. The third-order valence-electron chi connectivity index (χ3n) is 3.03. The molecule has 0 aliphatic rings. The van der Waals surface area contributed by atoms with Crippen LogP contribution >= 0.6 is 11.6 Å². The summed E-state index contributed by atoms with van der Waals surface area (Å²) >= 11 is 6.01. The van der Waals surface area contributed by atoms with Crippen molar-refractivity contribution in [3.63, 3.8) is 0 Å². The highest BCUT2D eigenvalue weighted by molar-refractivity contribution is 6.33. The minimum atomic E-state index is -0.292. The van der Waals surface area contributed by atoms with Gasteiger partial charge in [0.15, 0.2) is 10.8 Å². The van der Waals surface area contributed by atoms with E-state index in [2.05, 4.69) is 25.3 Å². The number of hydrogen-bond acceptors (Lipinski definition) is 4. The van der Waals surface area contributed by atoms with Crippen LogP contribution in [-0.4, -0.2) is 30.4 Å². The fourth-order valence-corrected chi connectivity index (χ4v) is 2.27. The fourth-order valence-electron chi connectivity index (χ4n) is 2.06. The first-order chi connectivity index (χ1) is 10.1. The number of hydrogen-bond donors (Lipinski definition) is 2. The Kier molecular flexibility index (Phi) is 3.34. The molecule has 3 heterocycles. The summed E-state index contributed by atoms with van der Waals surface area (Å²) in [5.74, 6) is -0.166. The second-order valence-electron chi connectivity index (χ2n) is 4.79. The minimum absolute atomic E-state index is 0.126. The molecule has 0 atom stereocenters. The molecule has 0 saturated carbocycles. The molecule has 0 fully saturated rings. The van der Waals surface area contributed by atoms with Gasteiger partial charge >= 0.3 is 0 Å². The molecule has 0 aliphatic carbocycles. The monoisotopic (exact) mass is 304 g/mol. The Bertz CT molecular complexity index is 806. The quantitative estimate of drug-likeness (QED) is 0.728. The van der Waals surface area contributed by atoms with Crippen molar-refractivity contribution in [3.05, 3.63) is 35.5 Å². The van der Waals surface area contributed by atoms with Gasteiger partial charge in [-0.2, -0.15) is 9.97 Å². The molecule has 0 aromatic carbocycles. The van der Waals surface area contributed by atoms with Gasteiger partial charge in [0, 0.05) is 12.2 Å². The Hall–Kier alpha value is -2.41. The van der Waals surface area contributed by atoms with Gasteiger partial charge in [0.05, 0.1) is 6.33 Å². The van der Waals surface area contributed by atoms with Crippen molar-refractivity contribution >= 4 is 34.6 Å². The summed E-state index contributed by atoms with van der Waals surface area (Å²) < 4.78 is 1.87. The number of imidazole rings is 1. The predicted octanol–water partition coefficient (Wildman–Crippen LogP) is 2.64. The van der Waals surface area contributed by atoms with Gasteiger partial charge in [-0.3, -0.25) is 10.1 Å². The molecular weight excluding hydrogens is 292 g/mol. The zero-order valence-electron chi connectivity index (χ0n) is 11.5. The van der Waals surface area contributed by atoms with Gasteiger partial charge in [-0.25, -0.2) is 4.98 Å². The lowest BCUT2D eigenvalue weighted by molar-refractivity contribution is 0.101. The third kappa shape index (κ3) is 2.47. The van der Waals surface area contributed by atoms with Crippen LogP contribution in [0.3, 0.4) is 0 Å². The number of halogens is 1. The predicted molar refractivity (Wildman–Crippen MR) is 79.5 cm³/mol. The van der Waals surface area contributed by atoms with Gasteiger partial charge in [0.25, 0.3) is 5.91 Å². The lowest BCUT2D eigenvalue weighted by Crippen LogP contribution is -2.19. The summed E-state index contributed by atoms with van der Waals surface area (Å²) in [6, 6.07) is 3.74. The van der Waals surface area contributed by atoms with Gasteiger partial charge in [-0.05, 0) is 26.0 Å². The van der Waals surface area contributed by atoms with E-state index in [1.807, 2.05) is 30.7 Å². The van der Waals surface area contributed by atoms with Crippen LogP contribution < -0.4 is 5.32 Å². The highest BCUT2D eigenvalue weighted by Gasteiger charge is 2.15. The van der Waals surface area contributed by atoms with Crippen LogP contribution in [0.5, 0.6) is 0 Å². The van der Waals surface area contributed by atoms with E-state index < -0.39 is 0 Å². The molecule has 108 valence electrons. The topological polar surface area (TPSA) is 88.5 Å². The van der Waals surface area contributed by atoms with Gasteiger partial charge in [-0.1, -0.05) is 11.6 Å². The maximum atomic E-state index is 12.3. The van der Waals surface area contributed by atoms with E-state index in [1.165, 1.54) is 6.33 Å². The van der Waals surface area contributed by atoms with Crippen molar-refractivity contribution in [2.75, 3.05) is 5.32 Å². The SMILES string of the molecule is CC(C)n1cccc1C(=O)Nc1nc(Cl)c2[nH]cnc2n1. The summed E-state index contributed by atoms with van der Waals surface area (Å²) in [5, 5.41) is 2.86. The molecule has 0 aliphatic heterocycles. The average Bonchev–Trinajstić information content (AvgIpc) is 3.07. The number of aromatic amines is 1. The summed E-state index contributed by atoms with van der Waals surface area (Å²) in [5.41, 5.74) is 1.48. The van der Waals surface area contributed by atoms with Crippen LogP contribution in [0.15, 0.2) is 24.7 Å². The second-order valence-corrected chi connectivity index (χ2v) is 5.15. The Morgan fingerprint density at radius 2 is 2.24 bits per heavy atom. The largest absolute Gasteiger partial charge is 0.341 e. The average molecular weight is 305 g/mol. The standard InChI is InChI=1S/C13H13ClN6O/c1-7(2)20-5-3-4-8(20)12(21)19-13-17-10(14)9-11(18-13)16-6-15-9/h3-7H,1-2H3,(H2,15,16,17,18,19,21). The van der Waals surface area contributed by atoms with Crippen molar-refractivity contribution in [3.8, 4) is 0 Å². The molecular formula is C13H13ClN6O. The Morgan fingerprint density at radius 1 is 1.43 bits per heavy atom. The third-order valence-corrected chi connectivity index (χ3v) is 3.31. The molecule has 7 nitrogen and oxygen atoms in total. The number of carbonyl (C=O) groups excluding carboxylic acids is 1. The van der Waals surface area contributed by atoms with Gasteiger partial charge in [-0.15, -0.1) is 0 Å². The first-order valence-corrected chi connectivity index (χ1v) is 6.79. The fraction of sp³-hybridized carbons (Fsp3) is 0.231. The van der Waals surface area contributed by atoms with E-state index in [1.54, 1.807) is 6.07 Å². The maximum absolute atomic E-state index is 12.3. The molecule has 21 heavy (non-hydrogen) atoms. The number of aromatic nitrogens is 5. The number of H-pyrrole nitrogens is 1. The molecule has 0 saturated heterocycles. The molecule has 3 aromatic rings. The summed E-state index contributed by atoms with van der Waals surface area (Å²) in [4.78, 5) is 27.3. The lowest BCUT2D eigenvalue weighted by atomic mass is 10.3. The molecule has 3 aromatic heterocycles. The molecule has 0 radical (unpaired) electrons. The smallest absolute Gasteiger partial charge is 0.274 e. The van der Waals surface area contributed by atoms with Crippen molar-refractivity contribution in [1.82, 2.24) is 24.5 Å². The van der Waals surface area contributed by atoms with Crippen LogP contribution in [0.1, 0.15) is 30.4 Å². The lowest BCUT2D eigenvalue weighted by Gasteiger charge is -2.12. The van der Waals surface area contributed by atoms with E-state index in [9.17, 15) is 4.79 Å². The zero-order chi connectivity index (χ0) is 15.0. The van der Waals surface area contributed by atoms with Gasteiger partial charge in [0.2, 0.25) is 5.95 Å². The van der Waals surface area contributed by atoms with Crippen molar-refractivity contribution in [1.29, 1.82) is 0 Å². The molecule has 8 heteroatoms. The summed E-state index contributed by atoms with van der Waals surface area (Å²) in [7, 11) is 0. The van der Waals surface area contributed by atoms with Crippen LogP contribution in [0.25, 0.3) is 11.2 Å².